The summed E-state index contributed by atoms with van der Waals surface area (Å²) in [4.78, 5) is 0. The molecule has 2 aromatic carbocycles. The zero-order valence-electron chi connectivity index (χ0n) is 21.9. The third-order valence-electron chi connectivity index (χ3n) is 6.86. The van der Waals surface area contributed by atoms with Crippen LogP contribution >= 0.6 is 0 Å². The summed E-state index contributed by atoms with van der Waals surface area (Å²) >= 11 is 0. The number of hydrogen-bond donors (Lipinski definition) is 0. The van der Waals surface area contributed by atoms with E-state index in [0.29, 0.717) is 11.8 Å². The van der Waals surface area contributed by atoms with Crippen LogP contribution in [0.15, 0.2) is 36.4 Å². The summed E-state index contributed by atoms with van der Waals surface area (Å²) in [6.07, 6.45) is 11.9. The quantitative estimate of drug-likeness (QED) is 0.253. The Morgan fingerprint density at radius 2 is 1.06 bits per heavy atom. The number of ether oxygens (including phenoxy) is 3. The standard InChI is InChI=1S/C30H46O3/c1-7-11-13-23(9-3)19-25-21-27(31-5)15-17-29(25)33-30-18-16-28(32-6)22-26(30)20-24(10-4)14-12-8-2/h15-18,21-24H,7-14,19-20H2,1-6H3. The van der Waals surface area contributed by atoms with Gasteiger partial charge >= 0.3 is 0 Å². The Balaban J connectivity index is 2.34. The van der Waals surface area contributed by atoms with Gasteiger partial charge in [0.2, 0.25) is 0 Å². The highest BCUT2D eigenvalue weighted by molar-refractivity contribution is 5.47. The summed E-state index contributed by atoms with van der Waals surface area (Å²) in [5.41, 5.74) is 2.47. The van der Waals surface area contributed by atoms with Crippen LogP contribution in [0, 0.1) is 11.8 Å². The van der Waals surface area contributed by atoms with E-state index in [-0.39, 0.29) is 0 Å². The van der Waals surface area contributed by atoms with Gasteiger partial charge < -0.3 is 14.2 Å². The lowest BCUT2D eigenvalue weighted by molar-refractivity contribution is 0.398. The van der Waals surface area contributed by atoms with Crippen molar-refractivity contribution in [2.45, 2.75) is 91.9 Å². The van der Waals surface area contributed by atoms with Gasteiger partial charge in [-0.15, -0.1) is 0 Å². The first-order valence-corrected chi connectivity index (χ1v) is 13.1. The SMILES string of the molecule is CCCCC(CC)Cc1cc(OC)ccc1Oc1ccc(OC)cc1CC(CC)CCCC. The number of methoxy groups -OCH3 is 2. The minimum Gasteiger partial charge on any atom is -0.497 e. The second-order valence-electron chi connectivity index (χ2n) is 9.29. The molecule has 33 heavy (non-hydrogen) atoms. The highest BCUT2D eigenvalue weighted by Gasteiger charge is 2.17. The van der Waals surface area contributed by atoms with Gasteiger partial charge in [-0.1, -0.05) is 79.1 Å². The van der Waals surface area contributed by atoms with Gasteiger partial charge in [-0.25, -0.2) is 0 Å². The van der Waals surface area contributed by atoms with E-state index in [1.807, 2.05) is 12.1 Å². The monoisotopic (exact) mass is 454 g/mol. The van der Waals surface area contributed by atoms with Gasteiger partial charge in [-0.2, -0.15) is 0 Å². The summed E-state index contributed by atoms with van der Waals surface area (Å²) in [5, 5.41) is 0. The molecule has 2 unspecified atom stereocenters. The molecule has 0 aliphatic heterocycles. The fraction of sp³-hybridized carbons (Fsp3) is 0.600. The van der Waals surface area contributed by atoms with Crippen molar-refractivity contribution in [2.75, 3.05) is 14.2 Å². The Bertz CT molecular complexity index is 747. The van der Waals surface area contributed by atoms with E-state index in [9.17, 15) is 0 Å². The van der Waals surface area contributed by atoms with E-state index in [2.05, 4.69) is 52.0 Å². The Kier molecular flexibility index (Phi) is 12.2. The molecule has 0 aliphatic carbocycles. The smallest absolute Gasteiger partial charge is 0.130 e. The lowest BCUT2D eigenvalue weighted by Crippen LogP contribution is -2.07. The van der Waals surface area contributed by atoms with Gasteiger partial charge in [0.05, 0.1) is 14.2 Å². The van der Waals surface area contributed by atoms with E-state index in [0.717, 1.165) is 35.8 Å². The van der Waals surface area contributed by atoms with Crippen LogP contribution in [0.5, 0.6) is 23.0 Å². The van der Waals surface area contributed by atoms with Crippen molar-refractivity contribution in [3.05, 3.63) is 47.5 Å². The number of hydrogen-bond acceptors (Lipinski definition) is 3. The molecule has 0 bridgehead atoms. The molecule has 0 aliphatic rings. The van der Waals surface area contributed by atoms with Crippen molar-refractivity contribution in [1.82, 2.24) is 0 Å². The fourth-order valence-corrected chi connectivity index (χ4v) is 4.51. The maximum Gasteiger partial charge on any atom is 0.130 e. The van der Waals surface area contributed by atoms with Crippen LogP contribution in [0.3, 0.4) is 0 Å². The number of unbranched alkanes of at least 4 members (excludes halogenated alkanes) is 2. The number of benzene rings is 2. The van der Waals surface area contributed by atoms with Crippen LogP contribution in [-0.2, 0) is 12.8 Å². The Morgan fingerprint density at radius 3 is 1.39 bits per heavy atom. The predicted octanol–water partition coefficient (Wildman–Crippen LogP) is 9.01. The molecule has 0 aromatic heterocycles. The first-order chi connectivity index (χ1) is 16.1. The third kappa shape index (κ3) is 8.61. The molecule has 184 valence electrons. The maximum atomic E-state index is 6.63. The summed E-state index contributed by atoms with van der Waals surface area (Å²) in [7, 11) is 3.47. The molecule has 0 N–H and O–H groups in total. The van der Waals surface area contributed by atoms with E-state index < -0.39 is 0 Å². The Hall–Kier alpha value is -2.16. The van der Waals surface area contributed by atoms with Crippen molar-refractivity contribution >= 4 is 0 Å². The van der Waals surface area contributed by atoms with Gasteiger partial charge in [0.25, 0.3) is 0 Å². The molecule has 2 atom stereocenters. The average molecular weight is 455 g/mol. The fourth-order valence-electron chi connectivity index (χ4n) is 4.51. The summed E-state index contributed by atoms with van der Waals surface area (Å²) in [5.74, 6) is 4.99. The maximum absolute atomic E-state index is 6.63. The molecule has 2 aromatic rings. The van der Waals surface area contributed by atoms with Crippen molar-refractivity contribution in [1.29, 1.82) is 0 Å². The van der Waals surface area contributed by atoms with Gasteiger partial charge in [-0.3, -0.25) is 0 Å². The zero-order valence-corrected chi connectivity index (χ0v) is 21.9. The van der Waals surface area contributed by atoms with Crippen LogP contribution in [0.2, 0.25) is 0 Å². The van der Waals surface area contributed by atoms with Gasteiger partial charge in [0.1, 0.15) is 23.0 Å². The highest BCUT2D eigenvalue weighted by atomic mass is 16.5. The average Bonchev–Trinajstić information content (AvgIpc) is 2.85. The molecular weight excluding hydrogens is 408 g/mol. The van der Waals surface area contributed by atoms with Crippen LogP contribution in [-0.4, -0.2) is 14.2 Å². The molecule has 0 radical (unpaired) electrons. The minimum absolute atomic E-state index is 0.660. The van der Waals surface area contributed by atoms with Crippen molar-refractivity contribution in [3.63, 3.8) is 0 Å². The summed E-state index contributed by atoms with van der Waals surface area (Å²) < 4.78 is 17.7. The minimum atomic E-state index is 0.660. The predicted molar refractivity (Wildman–Crippen MR) is 140 cm³/mol. The van der Waals surface area contributed by atoms with Crippen LogP contribution in [0.4, 0.5) is 0 Å². The second kappa shape index (κ2) is 14.9. The molecule has 0 heterocycles. The molecule has 0 spiro atoms. The van der Waals surface area contributed by atoms with Crippen molar-refractivity contribution in [3.8, 4) is 23.0 Å². The molecule has 0 saturated carbocycles. The summed E-state index contributed by atoms with van der Waals surface area (Å²) in [6, 6.07) is 12.5. The van der Waals surface area contributed by atoms with Crippen LogP contribution < -0.4 is 14.2 Å². The molecule has 0 saturated heterocycles. The lowest BCUT2D eigenvalue weighted by Gasteiger charge is -2.21. The lowest BCUT2D eigenvalue weighted by atomic mass is 9.91. The second-order valence-corrected chi connectivity index (χ2v) is 9.29. The highest BCUT2D eigenvalue weighted by Crippen LogP contribution is 2.36. The molecule has 3 nitrogen and oxygen atoms in total. The first kappa shape index (κ1) is 27.1. The van der Waals surface area contributed by atoms with E-state index in [1.165, 1.54) is 62.5 Å². The number of rotatable bonds is 16. The van der Waals surface area contributed by atoms with Crippen LogP contribution in [0.1, 0.15) is 90.2 Å². The normalized spacial score (nSPS) is 12.9. The molecule has 0 fully saturated rings. The van der Waals surface area contributed by atoms with E-state index in [4.69, 9.17) is 14.2 Å². The molecule has 0 amide bonds. The largest absolute Gasteiger partial charge is 0.497 e. The third-order valence-corrected chi connectivity index (χ3v) is 6.86. The van der Waals surface area contributed by atoms with Gasteiger partial charge in [0, 0.05) is 0 Å². The molecular formula is C30H46O3. The van der Waals surface area contributed by atoms with Crippen molar-refractivity contribution in [2.24, 2.45) is 11.8 Å². The van der Waals surface area contributed by atoms with Crippen molar-refractivity contribution < 1.29 is 14.2 Å². The van der Waals surface area contributed by atoms with E-state index in [1.54, 1.807) is 14.2 Å². The van der Waals surface area contributed by atoms with Crippen LogP contribution in [0.25, 0.3) is 0 Å². The Morgan fingerprint density at radius 1 is 0.636 bits per heavy atom. The molecule has 3 heteroatoms. The van der Waals surface area contributed by atoms with Gasteiger partial charge in [0.15, 0.2) is 0 Å². The molecule has 2 rings (SSSR count). The van der Waals surface area contributed by atoms with E-state index >= 15 is 0 Å². The topological polar surface area (TPSA) is 27.7 Å². The Labute approximate surface area is 202 Å². The summed E-state index contributed by atoms with van der Waals surface area (Å²) in [6.45, 7) is 9.12. The first-order valence-electron chi connectivity index (χ1n) is 13.1. The zero-order chi connectivity index (χ0) is 24.1. The van der Waals surface area contributed by atoms with Gasteiger partial charge in [-0.05, 0) is 72.2 Å².